The summed E-state index contributed by atoms with van der Waals surface area (Å²) < 4.78 is 27.6. The molecule has 2 rings (SSSR count). The van der Waals surface area contributed by atoms with Crippen molar-refractivity contribution in [2.45, 2.75) is 18.2 Å². The van der Waals surface area contributed by atoms with Crippen LogP contribution in [-0.4, -0.2) is 33.6 Å². The highest BCUT2D eigenvalue weighted by Gasteiger charge is 2.17. The summed E-state index contributed by atoms with van der Waals surface area (Å²) >= 11 is 0. The second-order valence-corrected chi connectivity index (χ2v) is 7.21. The second-order valence-electron chi connectivity index (χ2n) is 5.52. The zero-order chi connectivity index (χ0) is 17.9. The van der Waals surface area contributed by atoms with Gasteiger partial charge < -0.3 is 10.0 Å². The van der Waals surface area contributed by atoms with Crippen molar-refractivity contribution in [1.82, 2.24) is 0 Å². The Morgan fingerprint density at radius 2 is 1.75 bits per heavy atom. The molecule has 24 heavy (non-hydrogen) atoms. The van der Waals surface area contributed by atoms with E-state index in [1.54, 1.807) is 18.2 Å². The molecule has 7 heteroatoms. The fourth-order valence-electron chi connectivity index (χ4n) is 2.24. The van der Waals surface area contributed by atoms with Gasteiger partial charge in [0, 0.05) is 19.8 Å². The number of carbonyl (C=O) groups is 1. The Kier molecular flexibility index (Phi) is 5.14. The molecule has 0 saturated heterocycles. The summed E-state index contributed by atoms with van der Waals surface area (Å²) in [6.07, 6.45) is 0.581. The van der Waals surface area contributed by atoms with Crippen LogP contribution in [0.15, 0.2) is 47.4 Å². The summed E-state index contributed by atoms with van der Waals surface area (Å²) in [4.78, 5) is 13.1. The monoisotopic (exact) mass is 348 g/mol. The van der Waals surface area contributed by atoms with Crippen molar-refractivity contribution in [3.05, 3.63) is 53.6 Å². The molecule has 2 aromatic rings. The molecule has 6 nitrogen and oxygen atoms in total. The van der Waals surface area contributed by atoms with Crippen LogP contribution in [0.25, 0.3) is 0 Å². The van der Waals surface area contributed by atoms with Crippen LogP contribution in [0.2, 0.25) is 0 Å². The summed E-state index contributed by atoms with van der Waals surface area (Å²) in [5.74, 6) is -1.10. The molecule has 2 aromatic carbocycles. The lowest BCUT2D eigenvalue weighted by Gasteiger charge is -2.15. The van der Waals surface area contributed by atoms with E-state index in [9.17, 15) is 13.2 Å². The zero-order valence-corrected chi connectivity index (χ0v) is 14.6. The van der Waals surface area contributed by atoms with E-state index in [1.165, 1.54) is 24.3 Å². The molecule has 0 aromatic heterocycles. The van der Waals surface area contributed by atoms with Crippen molar-refractivity contribution in [2.24, 2.45) is 0 Å². The second kappa shape index (κ2) is 6.92. The smallest absolute Gasteiger partial charge is 0.335 e. The highest BCUT2D eigenvalue weighted by molar-refractivity contribution is 7.92. The predicted octanol–water partition coefficient (Wildman–Crippen LogP) is 2.81. The van der Waals surface area contributed by atoms with E-state index in [4.69, 9.17) is 5.11 Å². The molecule has 2 N–H and O–H groups in total. The fourth-order valence-corrected chi connectivity index (χ4v) is 3.33. The number of benzene rings is 2. The first-order valence-electron chi connectivity index (χ1n) is 7.41. The Hall–Kier alpha value is -2.54. The molecule has 0 unspecified atom stereocenters. The molecule has 128 valence electrons. The quantitative estimate of drug-likeness (QED) is 0.838. The van der Waals surface area contributed by atoms with Crippen molar-refractivity contribution in [3.63, 3.8) is 0 Å². The summed E-state index contributed by atoms with van der Waals surface area (Å²) in [5.41, 5.74) is 1.94. The molecular formula is C17H20N2O4S. The van der Waals surface area contributed by atoms with Crippen LogP contribution < -0.4 is 9.62 Å². The molecule has 0 atom stereocenters. The average molecular weight is 348 g/mol. The number of carboxylic acids is 1. The van der Waals surface area contributed by atoms with Gasteiger partial charge in [0.15, 0.2) is 0 Å². The van der Waals surface area contributed by atoms with Crippen molar-refractivity contribution in [2.75, 3.05) is 23.7 Å². The third-order valence-corrected chi connectivity index (χ3v) is 5.03. The van der Waals surface area contributed by atoms with E-state index in [2.05, 4.69) is 4.72 Å². The van der Waals surface area contributed by atoms with E-state index in [-0.39, 0.29) is 16.1 Å². The molecule has 0 aliphatic carbocycles. The van der Waals surface area contributed by atoms with Crippen LogP contribution in [0.3, 0.4) is 0 Å². The maximum Gasteiger partial charge on any atom is 0.335 e. The third kappa shape index (κ3) is 3.86. The third-order valence-electron chi connectivity index (χ3n) is 3.65. The van der Waals surface area contributed by atoms with Crippen LogP contribution >= 0.6 is 0 Å². The first kappa shape index (κ1) is 17.8. The number of anilines is 2. The van der Waals surface area contributed by atoms with Gasteiger partial charge in [-0.2, -0.15) is 0 Å². The van der Waals surface area contributed by atoms with E-state index in [0.29, 0.717) is 6.42 Å². The molecule has 0 heterocycles. The number of rotatable bonds is 6. The summed E-state index contributed by atoms with van der Waals surface area (Å²) in [7, 11) is -0.0568. The minimum absolute atomic E-state index is 0.0351. The molecule has 0 saturated carbocycles. The van der Waals surface area contributed by atoms with Gasteiger partial charge in [-0.1, -0.05) is 13.0 Å². The Morgan fingerprint density at radius 1 is 1.12 bits per heavy atom. The minimum Gasteiger partial charge on any atom is -0.478 e. The molecule has 0 aliphatic rings. The molecule has 0 aliphatic heterocycles. The van der Waals surface area contributed by atoms with Crippen molar-refractivity contribution in [3.8, 4) is 0 Å². The highest BCUT2D eigenvalue weighted by Crippen LogP contribution is 2.23. The molecular weight excluding hydrogens is 328 g/mol. The van der Waals surface area contributed by atoms with Gasteiger partial charge in [0.1, 0.15) is 0 Å². The number of sulfonamides is 1. The number of aromatic carboxylic acids is 1. The van der Waals surface area contributed by atoms with Gasteiger partial charge >= 0.3 is 5.97 Å². The lowest BCUT2D eigenvalue weighted by molar-refractivity contribution is 0.0697. The fraction of sp³-hybridized carbons (Fsp3) is 0.235. The van der Waals surface area contributed by atoms with Gasteiger partial charge in [-0.3, -0.25) is 4.72 Å². The van der Waals surface area contributed by atoms with Gasteiger partial charge in [-0.25, -0.2) is 13.2 Å². The van der Waals surface area contributed by atoms with Gasteiger partial charge in [-0.05, 0) is 48.4 Å². The van der Waals surface area contributed by atoms with E-state index in [0.717, 1.165) is 11.3 Å². The van der Waals surface area contributed by atoms with Crippen LogP contribution in [0.4, 0.5) is 11.4 Å². The minimum atomic E-state index is -3.79. The number of hydrogen-bond acceptors (Lipinski definition) is 4. The van der Waals surface area contributed by atoms with Crippen molar-refractivity contribution >= 4 is 27.4 Å². The van der Waals surface area contributed by atoms with Gasteiger partial charge in [0.05, 0.1) is 16.1 Å². The van der Waals surface area contributed by atoms with Gasteiger partial charge in [0.25, 0.3) is 10.0 Å². The zero-order valence-electron chi connectivity index (χ0n) is 13.8. The first-order chi connectivity index (χ1) is 11.2. The Balaban J connectivity index is 2.38. The number of aryl methyl sites for hydroxylation is 1. The molecule has 0 bridgehead atoms. The molecule has 0 radical (unpaired) electrons. The number of nitrogens with one attached hydrogen (secondary N) is 1. The summed E-state index contributed by atoms with van der Waals surface area (Å²) in [6, 6.07) is 10.9. The summed E-state index contributed by atoms with van der Waals surface area (Å²) in [5, 5.41) is 9.09. The average Bonchev–Trinajstić information content (AvgIpc) is 2.54. The lowest BCUT2D eigenvalue weighted by Crippen LogP contribution is -2.15. The van der Waals surface area contributed by atoms with Gasteiger partial charge in [0.2, 0.25) is 0 Å². The highest BCUT2D eigenvalue weighted by atomic mass is 32.2. The summed E-state index contributed by atoms with van der Waals surface area (Å²) in [6.45, 7) is 1.87. The van der Waals surface area contributed by atoms with Crippen molar-refractivity contribution in [1.29, 1.82) is 0 Å². The van der Waals surface area contributed by atoms with E-state index >= 15 is 0 Å². The largest absolute Gasteiger partial charge is 0.478 e. The van der Waals surface area contributed by atoms with Crippen LogP contribution in [0.5, 0.6) is 0 Å². The maximum atomic E-state index is 12.6. The Bertz CT molecular complexity index is 843. The van der Waals surface area contributed by atoms with Crippen molar-refractivity contribution < 1.29 is 18.3 Å². The van der Waals surface area contributed by atoms with Crippen LogP contribution in [0.1, 0.15) is 22.8 Å². The SMILES string of the molecule is CCc1ccc(C(=O)O)cc1NS(=O)(=O)c1ccc(N(C)C)cc1. The number of carboxylic acid groups (broad SMARTS) is 1. The molecule has 0 fully saturated rings. The lowest BCUT2D eigenvalue weighted by atomic mass is 10.1. The number of nitrogens with zero attached hydrogens (tertiary/aromatic N) is 1. The Morgan fingerprint density at radius 3 is 2.25 bits per heavy atom. The standard InChI is InChI=1S/C17H20N2O4S/c1-4-12-5-6-13(17(20)21)11-16(12)18-24(22,23)15-9-7-14(8-10-15)19(2)3/h5-11,18H,4H2,1-3H3,(H,20,21). The van der Waals surface area contributed by atoms with E-state index in [1.807, 2.05) is 25.9 Å². The normalized spacial score (nSPS) is 11.1. The topological polar surface area (TPSA) is 86.7 Å². The van der Waals surface area contributed by atoms with E-state index < -0.39 is 16.0 Å². The van der Waals surface area contributed by atoms with Crippen LogP contribution in [0, 0.1) is 0 Å². The number of hydrogen-bond donors (Lipinski definition) is 2. The maximum absolute atomic E-state index is 12.6. The molecule has 0 amide bonds. The predicted molar refractivity (Wildman–Crippen MR) is 94.4 cm³/mol. The first-order valence-corrected chi connectivity index (χ1v) is 8.89. The Labute approximate surface area is 141 Å². The molecule has 0 spiro atoms. The van der Waals surface area contributed by atoms with Gasteiger partial charge in [-0.15, -0.1) is 0 Å². The van der Waals surface area contributed by atoms with Crippen LogP contribution in [-0.2, 0) is 16.4 Å².